The van der Waals surface area contributed by atoms with E-state index >= 15 is 0 Å². The van der Waals surface area contributed by atoms with Crippen LogP contribution in [0.15, 0.2) is 22.8 Å². The quantitative estimate of drug-likeness (QED) is 0.802. The van der Waals surface area contributed by atoms with Crippen molar-refractivity contribution >= 4 is 0 Å². The number of nitrogens with zero attached hydrogens (tertiary/aromatic N) is 1. The Morgan fingerprint density at radius 3 is 2.81 bits per heavy atom. The van der Waals surface area contributed by atoms with Crippen LogP contribution in [0.4, 0.5) is 0 Å². The van der Waals surface area contributed by atoms with Crippen molar-refractivity contribution in [2.24, 2.45) is 11.1 Å². The predicted molar refractivity (Wildman–Crippen MR) is 65.0 cm³/mol. The van der Waals surface area contributed by atoms with Gasteiger partial charge in [0.2, 0.25) is 0 Å². The molecule has 90 valence electrons. The molecule has 1 aromatic heterocycles. The normalized spacial score (nSPS) is 18.7. The topological polar surface area (TPSA) is 42.4 Å². The SMILES string of the molecule is CN(CCC1(CN)CCC1)Cc1ccco1. The van der Waals surface area contributed by atoms with Crippen LogP contribution in [-0.2, 0) is 6.54 Å². The summed E-state index contributed by atoms with van der Waals surface area (Å²) < 4.78 is 5.34. The van der Waals surface area contributed by atoms with Gasteiger partial charge in [-0.3, -0.25) is 4.90 Å². The summed E-state index contributed by atoms with van der Waals surface area (Å²) >= 11 is 0. The van der Waals surface area contributed by atoms with Gasteiger partial charge in [0.15, 0.2) is 0 Å². The lowest BCUT2D eigenvalue weighted by Crippen LogP contribution is -2.39. The molecule has 0 amide bonds. The monoisotopic (exact) mass is 222 g/mol. The molecule has 0 saturated heterocycles. The first-order valence-electron chi connectivity index (χ1n) is 6.15. The highest BCUT2D eigenvalue weighted by molar-refractivity contribution is 4.97. The highest BCUT2D eigenvalue weighted by Crippen LogP contribution is 2.42. The van der Waals surface area contributed by atoms with E-state index in [1.54, 1.807) is 6.26 Å². The van der Waals surface area contributed by atoms with Crippen LogP contribution in [0, 0.1) is 5.41 Å². The molecule has 1 aliphatic rings. The lowest BCUT2D eigenvalue weighted by molar-refractivity contribution is 0.109. The van der Waals surface area contributed by atoms with E-state index in [4.69, 9.17) is 10.2 Å². The Morgan fingerprint density at radius 2 is 2.31 bits per heavy atom. The highest BCUT2D eigenvalue weighted by atomic mass is 16.3. The molecule has 0 aliphatic heterocycles. The van der Waals surface area contributed by atoms with Crippen molar-refractivity contribution in [2.45, 2.75) is 32.2 Å². The number of hydrogen-bond acceptors (Lipinski definition) is 3. The molecule has 0 unspecified atom stereocenters. The third-order valence-corrected chi connectivity index (χ3v) is 3.88. The van der Waals surface area contributed by atoms with Gasteiger partial charge in [-0.05, 0) is 56.9 Å². The Balaban J connectivity index is 1.73. The molecule has 0 radical (unpaired) electrons. The van der Waals surface area contributed by atoms with Gasteiger partial charge < -0.3 is 10.2 Å². The number of hydrogen-bond donors (Lipinski definition) is 1. The van der Waals surface area contributed by atoms with E-state index in [9.17, 15) is 0 Å². The van der Waals surface area contributed by atoms with E-state index < -0.39 is 0 Å². The van der Waals surface area contributed by atoms with Gasteiger partial charge >= 0.3 is 0 Å². The lowest BCUT2D eigenvalue weighted by Gasteiger charge is -2.42. The van der Waals surface area contributed by atoms with Crippen molar-refractivity contribution in [1.29, 1.82) is 0 Å². The van der Waals surface area contributed by atoms with Crippen molar-refractivity contribution < 1.29 is 4.42 Å². The Labute approximate surface area is 97.6 Å². The van der Waals surface area contributed by atoms with E-state index in [-0.39, 0.29) is 0 Å². The minimum Gasteiger partial charge on any atom is -0.468 e. The van der Waals surface area contributed by atoms with Gasteiger partial charge in [-0.25, -0.2) is 0 Å². The summed E-state index contributed by atoms with van der Waals surface area (Å²) in [7, 11) is 2.14. The lowest BCUT2D eigenvalue weighted by atomic mass is 9.66. The molecule has 3 nitrogen and oxygen atoms in total. The summed E-state index contributed by atoms with van der Waals surface area (Å²) in [5.74, 6) is 1.04. The number of nitrogens with two attached hydrogens (primary N) is 1. The Bertz CT molecular complexity index is 298. The molecular formula is C13H22N2O. The maximum atomic E-state index is 5.85. The third kappa shape index (κ3) is 2.66. The molecule has 3 heteroatoms. The Kier molecular flexibility index (Phi) is 3.66. The molecule has 1 saturated carbocycles. The second kappa shape index (κ2) is 5.02. The Morgan fingerprint density at radius 1 is 1.50 bits per heavy atom. The minimum absolute atomic E-state index is 0.456. The summed E-state index contributed by atoms with van der Waals surface area (Å²) in [6, 6.07) is 3.97. The molecule has 2 N–H and O–H groups in total. The first-order chi connectivity index (χ1) is 7.74. The zero-order valence-corrected chi connectivity index (χ0v) is 10.1. The predicted octanol–water partition coefficient (Wildman–Crippen LogP) is 2.23. The summed E-state index contributed by atoms with van der Waals surface area (Å²) in [6.45, 7) is 2.85. The summed E-state index contributed by atoms with van der Waals surface area (Å²) in [5, 5.41) is 0. The fourth-order valence-corrected chi connectivity index (χ4v) is 2.41. The van der Waals surface area contributed by atoms with Crippen LogP contribution < -0.4 is 5.73 Å². The van der Waals surface area contributed by atoms with Crippen molar-refractivity contribution in [3.8, 4) is 0 Å². The van der Waals surface area contributed by atoms with Crippen molar-refractivity contribution in [1.82, 2.24) is 4.90 Å². The Hall–Kier alpha value is -0.800. The maximum absolute atomic E-state index is 5.85. The first-order valence-corrected chi connectivity index (χ1v) is 6.15. The summed E-state index contributed by atoms with van der Waals surface area (Å²) in [6.07, 6.45) is 6.95. The van der Waals surface area contributed by atoms with Gasteiger partial charge in [-0.1, -0.05) is 6.42 Å². The summed E-state index contributed by atoms with van der Waals surface area (Å²) in [5.41, 5.74) is 6.31. The zero-order valence-electron chi connectivity index (χ0n) is 10.1. The first kappa shape index (κ1) is 11.7. The van der Waals surface area contributed by atoms with E-state index in [0.29, 0.717) is 5.41 Å². The third-order valence-electron chi connectivity index (χ3n) is 3.88. The van der Waals surface area contributed by atoms with E-state index in [0.717, 1.165) is 25.4 Å². The largest absolute Gasteiger partial charge is 0.468 e. The molecule has 0 bridgehead atoms. The van der Waals surface area contributed by atoms with Crippen LogP contribution in [-0.4, -0.2) is 25.0 Å². The van der Waals surface area contributed by atoms with E-state index in [2.05, 4.69) is 11.9 Å². The van der Waals surface area contributed by atoms with Gasteiger partial charge in [0, 0.05) is 0 Å². The summed E-state index contributed by atoms with van der Waals surface area (Å²) in [4.78, 5) is 2.31. The number of rotatable bonds is 6. The van der Waals surface area contributed by atoms with Gasteiger partial charge in [0.1, 0.15) is 5.76 Å². The second-order valence-electron chi connectivity index (χ2n) is 5.12. The highest BCUT2D eigenvalue weighted by Gasteiger charge is 2.35. The van der Waals surface area contributed by atoms with Gasteiger partial charge in [-0.15, -0.1) is 0 Å². The number of furan rings is 1. The standard InChI is InChI=1S/C13H22N2O/c1-15(10-12-4-2-9-16-12)8-7-13(11-14)5-3-6-13/h2,4,9H,3,5-8,10-11,14H2,1H3. The maximum Gasteiger partial charge on any atom is 0.117 e. The average molecular weight is 222 g/mol. The van der Waals surface area contributed by atoms with E-state index in [1.807, 2.05) is 12.1 Å². The van der Waals surface area contributed by atoms with Crippen LogP contribution >= 0.6 is 0 Å². The molecular weight excluding hydrogens is 200 g/mol. The molecule has 1 aromatic rings. The van der Waals surface area contributed by atoms with Crippen molar-refractivity contribution in [3.63, 3.8) is 0 Å². The van der Waals surface area contributed by atoms with Crippen LogP contribution in [0.25, 0.3) is 0 Å². The van der Waals surface area contributed by atoms with E-state index in [1.165, 1.54) is 25.7 Å². The van der Waals surface area contributed by atoms with Crippen LogP contribution in [0.3, 0.4) is 0 Å². The van der Waals surface area contributed by atoms with Crippen LogP contribution in [0.5, 0.6) is 0 Å². The average Bonchev–Trinajstić information content (AvgIpc) is 2.69. The molecule has 1 aliphatic carbocycles. The molecule has 1 heterocycles. The molecule has 1 fully saturated rings. The fourth-order valence-electron chi connectivity index (χ4n) is 2.41. The molecule has 16 heavy (non-hydrogen) atoms. The smallest absolute Gasteiger partial charge is 0.117 e. The molecule has 0 aromatic carbocycles. The van der Waals surface area contributed by atoms with Gasteiger partial charge in [0.05, 0.1) is 12.8 Å². The fraction of sp³-hybridized carbons (Fsp3) is 0.692. The zero-order chi connectivity index (χ0) is 11.4. The van der Waals surface area contributed by atoms with Gasteiger partial charge in [-0.2, -0.15) is 0 Å². The molecule has 2 rings (SSSR count). The van der Waals surface area contributed by atoms with Crippen LogP contribution in [0.1, 0.15) is 31.4 Å². The van der Waals surface area contributed by atoms with Crippen molar-refractivity contribution in [3.05, 3.63) is 24.2 Å². The molecule has 0 spiro atoms. The van der Waals surface area contributed by atoms with Gasteiger partial charge in [0.25, 0.3) is 0 Å². The molecule has 0 atom stereocenters. The minimum atomic E-state index is 0.456. The second-order valence-corrected chi connectivity index (χ2v) is 5.12. The van der Waals surface area contributed by atoms with Crippen LogP contribution in [0.2, 0.25) is 0 Å². The van der Waals surface area contributed by atoms with Crippen molar-refractivity contribution in [2.75, 3.05) is 20.1 Å².